The molecule has 4 aromatic rings. The summed E-state index contributed by atoms with van der Waals surface area (Å²) >= 11 is 0. The van der Waals surface area contributed by atoms with E-state index in [0.29, 0.717) is 12.5 Å². The molecule has 0 unspecified atom stereocenters. The van der Waals surface area contributed by atoms with Crippen molar-refractivity contribution in [2.45, 2.75) is 19.9 Å². The van der Waals surface area contributed by atoms with Gasteiger partial charge >= 0.3 is 17.1 Å². The Labute approximate surface area is 203 Å². The van der Waals surface area contributed by atoms with E-state index in [1.54, 1.807) is 0 Å². The van der Waals surface area contributed by atoms with Crippen LogP contribution < -0.4 is 15.9 Å². The van der Waals surface area contributed by atoms with Crippen molar-refractivity contribution in [1.82, 2.24) is 0 Å². The van der Waals surface area contributed by atoms with E-state index in [4.69, 9.17) is 9.73 Å². The van der Waals surface area contributed by atoms with Gasteiger partial charge in [-0.05, 0) is 16.5 Å². The van der Waals surface area contributed by atoms with E-state index >= 15 is 0 Å². The fourth-order valence-electron chi connectivity index (χ4n) is 3.57. The first-order valence-corrected chi connectivity index (χ1v) is 12.1. The number of rotatable bonds is 5. The second kappa shape index (κ2) is 12.0. The molecular formula is C28H28FeNOP. The molecule has 0 saturated heterocycles. The third kappa shape index (κ3) is 5.87. The molecule has 32 heavy (non-hydrogen) atoms. The Bertz CT molecular complexity index is 1010. The van der Waals surface area contributed by atoms with Gasteiger partial charge in [0, 0.05) is 0 Å². The minimum Gasteiger partial charge on any atom is -0.518 e. The van der Waals surface area contributed by atoms with E-state index in [1.165, 1.54) is 15.9 Å². The van der Waals surface area contributed by atoms with Crippen molar-refractivity contribution in [3.63, 3.8) is 0 Å². The zero-order valence-electron chi connectivity index (χ0n) is 18.4. The zero-order valence-corrected chi connectivity index (χ0v) is 20.4. The summed E-state index contributed by atoms with van der Waals surface area (Å²) in [5, 5.41) is 4.01. The Morgan fingerprint density at radius 3 is 1.94 bits per heavy atom. The first-order valence-electron chi connectivity index (χ1n) is 10.8. The predicted octanol–water partition coefficient (Wildman–Crippen LogP) is 5.37. The molecule has 164 valence electrons. The van der Waals surface area contributed by atoms with Crippen molar-refractivity contribution >= 4 is 29.7 Å². The topological polar surface area (TPSA) is 21.6 Å². The molecule has 1 atom stereocenters. The molecule has 0 amide bonds. The minimum atomic E-state index is -0.636. The molecule has 1 aliphatic heterocycles. The van der Waals surface area contributed by atoms with E-state index in [2.05, 4.69) is 92.7 Å². The molecule has 4 aromatic carbocycles. The van der Waals surface area contributed by atoms with Gasteiger partial charge in [-0.25, -0.2) is 12.1 Å². The molecule has 5 rings (SSSR count). The Hall–Kier alpha value is -2.44. The summed E-state index contributed by atoms with van der Waals surface area (Å²) in [6.07, 6.45) is 0. The van der Waals surface area contributed by atoms with E-state index in [1.807, 2.05) is 30.3 Å². The van der Waals surface area contributed by atoms with Crippen molar-refractivity contribution in [2.75, 3.05) is 6.61 Å². The van der Waals surface area contributed by atoms with Gasteiger partial charge in [-0.1, -0.05) is 93.3 Å². The van der Waals surface area contributed by atoms with Gasteiger partial charge in [-0.15, -0.1) is 6.07 Å². The zero-order chi connectivity index (χ0) is 21.5. The van der Waals surface area contributed by atoms with Crippen molar-refractivity contribution in [2.24, 2.45) is 10.9 Å². The van der Waals surface area contributed by atoms with Crippen LogP contribution in [0.25, 0.3) is 0 Å². The Kier molecular flexibility index (Phi) is 9.06. The number of hydrogen-bond donors (Lipinski definition) is 0. The number of aliphatic imine (C=N–C) groups is 1. The van der Waals surface area contributed by atoms with Crippen molar-refractivity contribution in [3.8, 4) is 0 Å². The molecule has 0 bridgehead atoms. The van der Waals surface area contributed by atoms with Gasteiger partial charge in [0.15, 0.2) is 0 Å². The minimum absolute atomic E-state index is 0. The predicted molar refractivity (Wildman–Crippen MR) is 134 cm³/mol. The van der Waals surface area contributed by atoms with E-state index in [0.717, 1.165) is 11.5 Å². The van der Waals surface area contributed by atoms with Gasteiger partial charge in [0.1, 0.15) is 5.90 Å². The van der Waals surface area contributed by atoms with Gasteiger partial charge in [0.2, 0.25) is 0 Å². The third-order valence-electron chi connectivity index (χ3n) is 5.29. The summed E-state index contributed by atoms with van der Waals surface area (Å²) in [6, 6.07) is 38.3. The first kappa shape index (κ1) is 24.2. The van der Waals surface area contributed by atoms with Gasteiger partial charge < -0.3 is 4.74 Å². The number of nitrogens with zero attached hydrogens (tertiary/aromatic N) is 1. The van der Waals surface area contributed by atoms with Crippen LogP contribution in [-0.2, 0) is 21.8 Å². The van der Waals surface area contributed by atoms with Gasteiger partial charge in [-0.3, -0.25) is 4.99 Å². The van der Waals surface area contributed by atoms with Crippen molar-refractivity contribution < 1.29 is 21.8 Å². The maximum atomic E-state index is 5.99. The normalized spacial score (nSPS) is 14.9. The van der Waals surface area contributed by atoms with Crippen LogP contribution in [0.4, 0.5) is 0 Å². The molecule has 0 spiro atoms. The maximum absolute atomic E-state index is 5.99. The Balaban J connectivity index is 0.000000427. The van der Waals surface area contributed by atoms with Gasteiger partial charge in [0.05, 0.1) is 12.6 Å². The second-order valence-corrected chi connectivity index (χ2v) is 10.0. The molecule has 0 aromatic heterocycles. The summed E-state index contributed by atoms with van der Waals surface area (Å²) in [5.74, 6) is 1.30. The largest absolute Gasteiger partial charge is 2.00 e. The molecule has 0 saturated carbocycles. The Morgan fingerprint density at radius 1 is 0.875 bits per heavy atom. The van der Waals surface area contributed by atoms with Crippen molar-refractivity contribution in [3.05, 3.63) is 115 Å². The molecule has 0 aliphatic carbocycles. The maximum Gasteiger partial charge on any atom is 2.00 e. The average Bonchev–Trinajstić information content (AvgIpc) is 3.58. The van der Waals surface area contributed by atoms with Crippen LogP contribution in [0.3, 0.4) is 0 Å². The van der Waals surface area contributed by atoms with Crippen LogP contribution >= 0.6 is 7.92 Å². The second-order valence-electron chi connectivity index (χ2n) is 7.85. The molecular weight excluding hydrogens is 453 g/mol. The van der Waals surface area contributed by atoms with E-state index in [9.17, 15) is 0 Å². The van der Waals surface area contributed by atoms with Crippen molar-refractivity contribution in [1.29, 1.82) is 0 Å². The SMILES string of the molecule is CC(C)[C@H]1COC(c2ccc[c-]2P(c2ccccc2)c2ccccc2)=N1.[Fe+2].c1cc[cH-]c1. The summed E-state index contributed by atoms with van der Waals surface area (Å²) in [4.78, 5) is 4.87. The van der Waals surface area contributed by atoms with Gasteiger partial charge in [0.25, 0.3) is 0 Å². The fourth-order valence-corrected chi connectivity index (χ4v) is 6.01. The van der Waals surface area contributed by atoms with Crippen LogP contribution in [0.15, 0.2) is 114 Å². The first-order chi connectivity index (χ1) is 15.2. The fraction of sp³-hybridized carbons (Fsp3) is 0.179. The third-order valence-corrected chi connectivity index (χ3v) is 7.79. The van der Waals surface area contributed by atoms with E-state index < -0.39 is 7.92 Å². The average molecular weight is 481 g/mol. The van der Waals surface area contributed by atoms with Crippen LogP contribution in [0.2, 0.25) is 0 Å². The quantitative estimate of drug-likeness (QED) is 0.214. The van der Waals surface area contributed by atoms with E-state index in [-0.39, 0.29) is 23.1 Å². The number of benzene rings is 2. The van der Waals surface area contributed by atoms with Crippen LogP contribution in [0, 0.1) is 5.92 Å². The summed E-state index contributed by atoms with van der Waals surface area (Å²) in [7, 11) is -0.636. The monoisotopic (exact) mass is 481 g/mol. The number of ether oxygens (including phenoxy) is 1. The molecule has 0 fully saturated rings. The van der Waals surface area contributed by atoms with Crippen LogP contribution in [0.1, 0.15) is 19.4 Å². The molecule has 4 heteroatoms. The summed E-state index contributed by atoms with van der Waals surface area (Å²) in [6.45, 7) is 5.09. The summed E-state index contributed by atoms with van der Waals surface area (Å²) in [5.41, 5.74) is 1.15. The Morgan fingerprint density at radius 2 is 1.47 bits per heavy atom. The number of hydrogen-bond acceptors (Lipinski definition) is 2. The van der Waals surface area contributed by atoms with Gasteiger partial charge in [-0.2, -0.15) is 30.3 Å². The van der Waals surface area contributed by atoms with Crippen LogP contribution in [-0.4, -0.2) is 18.5 Å². The molecule has 1 heterocycles. The smallest absolute Gasteiger partial charge is 0.518 e. The van der Waals surface area contributed by atoms with Crippen LogP contribution in [0.5, 0.6) is 0 Å². The summed E-state index contributed by atoms with van der Waals surface area (Å²) < 4.78 is 5.99. The molecule has 1 aliphatic rings. The molecule has 2 nitrogen and oxygen atoms in total. The molecule has 0 radical (unpaired) electrons. The standard InChI is InChI=1S/C23H23NOP.C5H5.Fe/c1-17(2)21-16-25-23(24-21)20-14-9-15-22(20)26(18-10-5-3-6-11-18)19-12-7-4-8-13-19;1-2-4-5-3-1;/h3-15,17,21H,16H2,1-2H3;1-5H;/q2*-1;+2/t21-;;/m1../s1. The molecule has 0 N–H and O–H groups in total.